The van der Waals surface area contributed by atoms with Crippen LogP contribution in [0, 0.1) is 0 Å². The third-order valence-corrected chi connectivity index (χ3v) is 10.1. The molecule has 2 N–H and O–H groups in total. The number of pyridine rings is 1. The highest BCUT2D eigenvalue weighted by atomic mass is 15.0. The summed E-state index contributed by atoms with van der Waals surface area (Å²) in [6.07, 6.45) is 11.9. The van der Waals surface area contributed by atoms with E-state index in [9.17, 15) is 0 Å². The van der Waals surface area contributed by atoms with Crippen molar-refractivity contribution in [1.29, 1.82) is 0 Å². The summed E-state index contributed by atoms with van der Waals surface area (Å²) in [5.74, 6) is 0. The summed E-state index contributed by atoms with van der Waals surface area (Å²) >= 11 is 0. The van der Waals surface area contributed by atoms with Gasteiger partial charge in [0.25, 0.3) is 5.69 Å². The van der Waals surface area contributed by atoms with Gasteiger partial charge in [0.15, 0.2) is 12.4 Å². The molecule has 0 fully saturated rings. The molecular weight excluding hydrogens is 562 g/mol. The molecule has 0 aliphatic carbocycles. The molecule has 6 rings (SSSR count). The first-order valence-electron chi connectivity index (χ1n) is 17.7. The molecule has 6 heterocycles. The van der Waals surface area contributed by atoms with Gasteiger partial charge in [-0.3, -0.25) is 0 Å². The molecule has 2 aliphatic heterocycles. The zero-order valence-electron chi connectivity index (χ0n) is 29.1. The second kappa shape index (κ2) is 13.2. The zero-order valence-corrected chi connectivity index (χ0v) is 29.1. The average molecular weight is 613 g/mol. The van der Waals surface area contributed by atoms with Gasteiger partial charge >= 0.3 is 0 Å². The lowest BCUT2D eigenvalue weighted by atomic mass is 9.96. The molecule has 0 amide bonds. The van der Waals surface area contributed by atoms with E-state index in [1.165, 1.54) is 66.6 Å². The van der Waals surface area contributed by atoms with Gasteiger partial charge in [-0.1, -0.05) is 61.5 Å². The number of fused-ring (bicyclic) bond motifs is 8. The molecule has 0 spiro atoms. The molecule has 4 aromatic rings. The minimum absolute atomic E-state index is 0.910. The predicted molar refractivity (Wildman–Crippen MR) is 195 cm³/mol. The fourth-order valence-electron chi connectivity index (χ4n) is 7.96. The van der Waals surface area contributed by atoms with Gasteiger partial charge in [-0.25, -0.2) is 9.97 Å². The van der Waals surface area contributed by atoms with Crippen LogP contribution in [-0.2, 0) is 25.7 Å². The number of aryl methyl sites for hydroxylation is 4. The summed E-state index contributed by atoms with van der Waals surface area (Å²) in [5, 5.41) is 0. The van der Waals surface area contributed by atoms with Crippen molar-refractivity contribution < 1.29 is 4.57 Å². The Morgan fingerprint density at radius 1 is 0.457 bits per heavy atom. The molecular formula is C41H50N5+. The normalized spacial score (nSPS) is 13.3. The van der Waals surface area contributed by atoms with Gasteiger partial charge in [0.05, 0.1) is 11.4 Å². The number of nitrogens with zero attached hydrogens (tertiary/aromatic N) is 3. The maximum Gasteiger partial charge on any atom is 0.262 e. The van der Waals surface area contributed by atoms with Crippen molar-refractivity contribution in [1.82, 2.24) is 19.9 Å². The first kappa shape index (κ1) is 31.7. The highest BCUT2D eigenvalue weighted by Gasteiger charge is 2.32. The van der Waals surface area contributed by atoms with Crippen LogP contribution >= 0.6 is 0 Å². The topological polar surface area (TPSA) is 61.2 Å². The first-order valence-corrected chi connectivity index (χ1v) is 17.7. The molecule has 0 unspecified atom stereocenters. The Balaban J connectivity index is 1.93. The lowest BCUT2D eigenvalue weighted by molar-refractivity contribution is -0.596. The predicted octanol–water partition coefficient (Wildman–Crippen LogP) is 10.3. The highest BCUT2D eigenvalue weighted by molar-refractivity contribution is 5.99. The summed E-state index contributed by atoms with van der Waals surface area (Å²) in [5.41, 5.74) is 20.9. The van der Waals surface area contributed by atoms with E-state index in [1.54, 1.807) is 0 Å². The van der Waals surface area contributed by atoms with Gasteiger partial charge in [0.1, 0.15) is 11.4 Å². The van der Waals surface area contributed by atoms with E-state index in [0.717, 1.165) is 79.8 Å². The van der Waals surface area contributed by atoms with Crippen LogP contribution in [0.5, 0.6) is 0 Å². The Bertz CT molecular complexity index is 1890. The van der Waals surface area contributed by atoms with Crippen LogP contribution in [0.4, 0.5) is 0 Å². The van der Waals surface area contributed by atoms with E-state index < -0.39 is 0 Å². The number of hydrogen-bond acceptors (Lipinski definition) is 2. The van der Waals surface area contributed by atoms with Crippen molar-refractivity contribution in [2.75, 3.05) is 0 Å². The van der Waals surface area contributed by atoms with Crippen molar-refractivity contribution in [3.8, 4) is 5.69 Å². The Labute approximate surface area is 274 Å². The molecule has 238 valence electrons. The summed E-state index contributed by atoms with van der Waals surface area (Å²) in [7, 11) is 0. The second-order valence-corrected chi connectivity index (χ2v) is 12.3. The molecule has 0 atom stereocenters. The van der Waals surface area contributed by atoms with Crippen molar-refractivity contribution in [3.63, 3.8) is 0 Å². The third kappa shape index (κ3) is 5.14. The minimum atomic E-state index is 0.910. The Kier molecular flexibility index (Phi) is 9.13. The van der Waals surface area contributed by atoms with E-state index in [1.807, 2.05) is 0 Å². The van der Waals surface area contributed by atoms with Crippen LogP contribution < -0.4 is 4.57 Å². The molecule has 5 nitrogen and oxygen atoms in total. The fraction of sp³-hybridized carbons (Fsp3) is 0.390. The SMILES string of the molecule is CCC1=C(CC)c2nc1cc1[nH]c(cc3[nH]c(cc4nc(c2-[n+]2ccccc2)C(CC)=C4CC)c(CC)c3CC)c(CC)c1CC. The van der Waals surface area contributed by atoms with Crippen LogP contribution in [0.2, 0.25) is 0 Å². The lowest BCUT2D eigenvalue weighted by Gasteiger charge is -2.08. The van der Waals surface area contributed by atoms with Crippen molar-refractivity contribution >= 4 is 44.4 Å². The molecule has 0 saturated carbocycles. The Morgan fingerprint density at radius 3 is 1.17 bits per heavy atom. The number of aromatic amines is 2. The average Bonchev–Trinajstić information content (AvgIpc) is 3.80. The van der Waals surface area contributed by atoms with Crippen LogP contribution in [0.15, 0.2) is 48.8 Å². The number of aromatic nitrogens is 5. The standard InChI is InChI=1S/C41H50N5/c1-9-25-27(11-3)35-23-37-29(13-5)31(15-7)39(44-37)41(46-20-18-17-19-21-46)40-32(16-8)30(14-6)38(45-40)24-36-28(12-4)26(10-2)34(43-36)22-33(25)42-35/h17-24,42-43H,9-16H2,1-8H3/q+1. The molecule has 0 radical (unpaired) electrons. The van der Waals surface area contributed by atoms with Crippen molar-refractivity contribution in [2.45, 2.75) is 107 Å². The number of rotatable bonds is 9. The molecule has 0 saturated heterocycles. The first-order chi connectivity index (χ1) is 22.5. The van der Waals surface area contributed by atoms with Gasteiger partial charge in [-0.05, 0) is 114 Å². The minimum Gasteiger partial charge on any atom is -0.355 e. The fourth-order valence-corrected chi connectivity index (χ4v) is 7.96. The van der Waals surface area contributed by atoms with E-state index in [-0.39, 0.29) is 0 Å². The van der Waals surface area contributed by atoms with Gasteiger partial charge in [0.2, 0.25) is 0 Å². The monoisotopic (exact) mass is 612 g/mol. The Morgan fingerprint density at radius 2 is 0.826 bits per heavy atom. The van der Waals surface area contributed by atoms with Crippen molar-refractivity contribution in [3.05, 3.63) is 93.8 Å². The van der Waals surface area contributed by atoms with Gasteiger partial charge in [-0.15, -0.1) is 0 Å². The molecule has 0 aromatic carbocycles. The van der Waals surface area contributed by atoms with E-state index in [2.05, 4.69) is 119 Å². The smallest absolute Gasteiger partial charge is 0.262 e. The molecule has 46 heavy (non-hydrogen) atoms. The van der Waals surface area contributed by atoms with E-state index in [0.29, 0.717) is 0 Å². The van der Waals surface area contributed by atoms with Gasteiger partial charge < -0.3 is 9.97 Å². The third-order valence-electron chi connectivity index (χ3n) is 10.1. The lowest BCUT2D eigenvalue weighted by Crippen LogP contribution is -2.32. The second-order valence-electron chi connectivity index (χ2n) is 12.3. The number of hydrogen-bond donors (Lipinski definition) is 2. The molecule has 4 aromatic heterocycles. The van der Waals surface area contributed by atoms with Gasteiger partial charge in [-0.2, -0.15) is 4.57 Å². The Hall–Kier alpha value is -4.25. The van der Waals surface area contributed by atoms with Gasteiger partial charge in [0, 0.05) is 34.2 Å². The van der Waals surface area contributed by atoms with Crippen LogP contribution in [0.25, 0.3) is 50.0 Å². The maximum atomic E-state index is 5.53. The highest BCUT2D eigenvalue weighted by Crippen LogP contribution is 2.42. The number of allylic oxidation sites excluding steroid dienone is 4. The number of nitrogens with one attached hydrogen (secondary N) is 2. The molecule has 8 bridgehead atoms. The molecule has 2 aliphatic rings. The van der Waals surface area contributed by atoms with Crippen LogP contribution in [0.1, 0.15) is 126 Å². The summed E-state index contributed by atoms with van der Waals surface area (Å²) in [6.45, 7) is 18.2. The summed E-state index contributed by atoms with van der Waals surface area (Å²) in [6, 6.07) is 13.3. The largest absolute Gasteiger partial charge is 0.355 e. The van der Waals surface area contributed by atoms with Crippen molar-refractivity contribution in [2.24, 2.45) is 0 Å². The number of H-pyrrole nitrogens is 2. The summed E-state index contributed by atoms with van der Waals surface area (Å²) in [4.78, 5) is 18.8. The maximum absolute atomic E-state index is 5.53. The van der Waals surface area contributed by atoms with E-state index in [4.69, 9.17) is 9.97 Å². The zero-order chi connectivity index (χ0) is 32.5. The summed E-state index contributed by atoms with van der Waals surface area (Å²) < 4.78 is 2.24. The van der Waals surface area contributed by atoms with Crippen LogP contribution in [0.3, 0.4) is 0 Å². The van der Waals surface area contributed by atoms with E-state index >= 15 is 0 Å². The van der Waals surface area contributed by atoms with Crippen LogP contribution in [-0.4, -0.2) is 19.9 Å². The quantitative estimate of drug-likeness (QED) is 0.185. The molecule has 5 heteroatoms.